The summed E-state index contributed by atoms with van der Waals surface area (Å²) in [4.78, 5) is 2.82. The Labute approximate surface area is 119 Å². The van der Waals surface area contributed by atoms with Gasteiger partial charge in [-0.05, 0) is 49.1 Å². The summed E-state index contributed by atoms with van der Waals surface area (Å²) in [5, 5.41) is 0. The summed E-state index contributed by atoms with van der Waals surface area (Å²) >= 11 is 1.88. The summed E-state index contributed by atoms with van der Waals surface area (Å²) in [6, 6.07) is 12.7. The standard InChI is InChI=1S/C16H21NOS/c1-3-15-8-9-16(19-15)11-13(17)10-12-4-6-14(18-2)7-5-12/h4-9,13H,3,10-11,17H2,1-2H3. The van der Waals surface area contributed by atoms with E-state index < -0.39 is 0 Å². The highest BCUT2D eigenvalue weighted by molar-refractivity contribution is 7.11. The molecule has 1 heterocycles. The van der Waals surface area contributed by atoms with Crippen LogP contribution >= 0.6 is 11.3 Å². The largest absolute Gasteiger partial charge is 0.497 e. The molecule has 1 unspecified atom stereocenters. The molecule has 1 aromatic heterocycles. The summed E-state index contributed by atoms with van der Waals surface area (Å²) in [6.07, 6.45) is 2.97. The lowest BCUT2D eigenvalue weighted by Crippen LogP contribution is -2.25. The molecule has 1 aromatic carbocycles. The van der Waals surface area contributed by atoms with E-state index in [1.54, 1.807) is 7.11 Å². The van der Waals surface area contributed by atoms with Gasteiger partial charge in [0.15, 0.2) is 0 Å². The highest BCUT2D eigenvalue weighted by Gasteiger charge is 2.07. The molecule has 3 heteroatoms. The van der Waals surface area contributed by atoms with Gasteiger partial charge in [-0.2, -0.15) is 0 Å². The maximum atomic E-state index is 6.23. The van der Waals surface area contributed by atoms with Crippen LogP contribution in [0.4, 0.5) is 0 Å². The number of hydrogen-bond donors (Lipinski definition) is 1. The molecule has 0 radical (unpaired) electrons. The second-order valence-electron chi connectivity index (χ2n) is 4.74. The zero-order valence-electron chi connectivity index (χ0n) is 11.6. The molecular formula is C16H21NOS. The van der Waals surface area contributed by atoms with E-state index in [4.69, 9.17) is 10.5 Å². The molecule has 0 amide bonds. The van der Waals surface area contributed by atoms with Crippen molar-refractivity contribution in [3.63, 3.8) is 0 Å². The number of thiophene rings is 1. The number of nitrogens with two attached hydrogens (primary N) is 1. The molecule has 0 saturated heterocycles. The average molecular weight is 275 g/mol. The Kier molecular flexibility index (Phi) is 5.00. The minimum atomic E-state index is 0.178. The van der Waals surface area contributed by atoms with Crippen molar-refractivity contribution in [2.24, 2.45) is 5.73 Å². The second-order valence-corrected chi connectivity index (χ2v) is 5.99. The van der Waals surface area contributed by atoms with Gasteiger partial charge in [0.2, 0.25) is 0 Å². The van der Waals surface area contributed by atoms with Gasteiger partial charge in [-0.15, -0.1) is 11.3 Å². The van der Waals surface area contributed by atoms with Crippen LogP contribution < -0.4 is 10.5 Å². The predicted octanol–water partition coefficient (Wildman–Crippen LogP) is 3.43. The van der Waals surface area contributed by atoms with Crippen molar-refractivity contribution in [2.45, 2.75) is 32.2 Å². The Hall–Kier alpha value is -1.32. The molecule has 2 rings (SSSR count). The van der Waals surface area contributed by atoms with Crippen LogP contribution in [0.2, 0.25) is 0 Å². The number of methoxy groups -OCH3 is 1. The van der Waals surface area contributed by atoms with Crippen LogP contribution in [0.5, 0.6) is 5.75 Å². The van der Waals surface area contributed by atoms with Crippen LogP contribution in [0, 0.1) is 0 Å². The van der Waals surface area contributed by atoms with Crippen LogP contribution in [-0.4, -0.2) is 13.2 Å². The summed E-state index contributed by atoms with van der Waals surface area (Å²) in [6.45, 7) is 2.19. The van der Waals surface area contributed by atoms with Crippen LogP contribution in [0.1, 0.15) is 22.2 Å². The molecule has 2 nitrogen and oxygen atoms in total. The van der Waals surface area contributed by atoms with E-state index in [1.165, 1.54) is 15.3 Å². The molecule has 1 atom stereocenters. The minimum Gasteiger partial charge on any atom is -0.497 e. The normalized spacial score (nSPS) is 12.4. The highest BCUT2D eigenvalue weighted by Crippen LogP contribution is 2.19. The van der Waals surface area contributed by atoms with E-state index in [-0.39, 0.29) is 6.04 Å². The molecule has 0 bridgehead atoms. The summed E-state index contributed by atoms with van der Waals surface area (Å²) in [7, 11) is 1.68. The van der Waals surface area contributed by atoms with Crippen LogP contribution in [0.25, 0.3) is 0 Å². The molecule has 0 saturated carbocycles. The first-order chi connectivity index (χ1) is 9.21. The first-order valence-corrected chi connectivity index (χ1v) is 7.49. The van der Waals surface area contributed by atoms with Crippen molar-refractivity contribution < 1.29 is 4.74 Å². The van der Waals surface area contributed by atoms with Gasteiger partial charge in [0.05, 0.1) is 7.11 Å². The number of hydrogen-bond acceptors (Lipinski definition) is 3. The van der Waals surface area contributed by atoms with Gasteiger partial charge in [0, 0.05) is 15.8 Å². The zero-order valence-corrected chi connectivity index (χ0v) is 12.4. The number of aryl methyl sites for hydroxylation is 1. The number of benzene rings is 1. The summed E-state index contributed by atoms with van der Waals surface area (Å²) in [5.74, 6) is 0.892. The van der Waals surface area contributed by atoms with Gasteiger partial charge in [-0.25, -0.2) is 0 Å². The van der Waals surface area contributed by atoms with Gasteiger partial charge in [-0.3, -0.25) is 0 Å². The molecule has 0 spiro atoms. The van der Waals surface area contributed by atoms with Gasteiger partial charge in [0.25, 0.3) is 0 Å². The topological polar surface area (TPSA) is 35.2 Å². The SMILES string of the molecule is CCc1ccc(CC(N)Cc2ccc(OC)cc2)s1. The Bertz CT molecular complexity index is 504. The monoisotopic (exact) mass is 275 g/mol. The maximum Gasteiger partial charge on any atom is 0.118 e. The summed E-state index contributed by atoms with van der Waals surface area (Å²) in [5.41, 5.74) is 7.50. The third-order valence-corrected chi connectivity index (χ3v) is 4.44. The molecule has 0 aliphatic heterocycles. The third-order valence-electron chi connectivity index (χ3n) is 3.19. The minimum absolute atomic E-state index is 0.178. The predicted molar refractivity (Wildman–Crippen MR) is 82.1 cm³/mol. The summed E-state index contributed by atoms with van der Waals surface area (Å²) < 4.78 is 5.16. The fourth-order valence-corrected chi connectivity index (χ4v) is 3.17. The molecule has 0 fully saturated rings. The van der Waals surface area contributed by atoms with E-state index in [0.29, 0.717) is 0 Å². The van der Waals surface area contributed by atoms with Gasteiger partial charge < -0.3 is 10.5 Å². The van der Waals surface area contributed by atoms with Crippen molar-refractivity contribution in [3.8, 4) is 5.75 Å². The fourth-order valence-electron chi connectivity index (χ4n) is 2.12. The smallest absolute Gasteiger partial charge is 0.118 e. The van der Waals surface area contributed by atoms with E-state index in [2.05, 4.69) is 31.2 Å². The fraction of sp³-hybridized carbons (Fsp3) is 0.375. The maximum absolute atomic E-state index is 6.23. The van der Waals surface area contributed by atoms with E-state index in [1.807, 2.05) is 23.5 Å². The van der Waals surface area contributed by atoms with Gasteiger partial charge in [0.1, 0.15) is 5.75 Å². The van der Waals surface area contributed by atoms with E-state index >= 15 is 0 Å². The Morgan fingerprint density at radius 3 is 2.32 bits per heavy atom. The Morgan fingerprint density at radius 1 is 1.05 bits per heavy atom. The van der Waals surface area contributed by atoms with Crippen molar-refractivity contribution in [1.82, 2.24) is 0 Å². The van der Waals surface area contributed by atoms with E-state index in [9.17, 15) is 0 Å². The van der Waals surface area contributed by atoms with Gasteiger partial charge in [-0.1, -0.05) is 19.1 Å². The lowest BCUT2D eigenvalue weighted by atomic mass is 10.0. The first kappa shape index (κ1) is 14.1. The van der Waals surface area contributed by atoms with Crippen LogP contribution in [0.15, 0.2) is 36.4 Å². The van der Waals surface area contributed by atoms with Gasteiger partial charge >= 0.3 is 0 Å². The van der Waals surface area contributed by atoms with Crippen molar-refractivity contribution in [1.29, 1.82) is 0 Å². The third kappa shape index (κ3) is 4.08. The van der Waals surface area contributed by atoms with E-state index in [0.717, 1.165) is 25.0 Å². The number of ether oxygens (including phenoxy) is 1. The Balaban J connectivity index is 1.90. The van der Waals surface area contributed by atoms with Crippen LogP contribution in [-0.2, 0) is 19.3 Å². The number of rotatable bonds is 6. The van der Waals surface area contributed by atoms with Crippen molar-refractivity contribution >= 4 is 11.3 Å². The molecular weight excluding hydrogens is 254 g/mol. The lowest BCUT2D eigenvalue weighted by Gasteiger charge is -2.11. The molecule has 0 aliphatic rings. The molecule has 19 heavy (non-hydrogen) atoms. The van der Waals surface area contributed by atoms with Crippen molar-refractivity contribution in [3.05, 3.63) is 51.7 Å². The molecule has 0 aliphatic carbocycles. The van der Waals surface area contributed by atoms with Crippen molar-refractivity contribution in [2.75, 3.05) is 7.11 Å². The highest BCUT2D eigenvalue weighted by atomic mass is 32.1. The second kappa shape index (κ2) is 6.73. The lowest BCUT2D eigenvalue weighted by molar-refractivity contribution is 0.414. The zero-order chi connectivity index (χ0) is 13.7. The average Bonchev–Trinajstić information content (AvgIpc) is 2.87. The Morgan fingerprint density at radius 2 is 1.74 bits per heavy atom. The first-order valence-electron chi connectivity index (χ1n) is 6.67. The van der Waals surface area contributed by atoms with Crippen LogP contribution in [0.3, 0.4) is 0 Å². The molecule has 102 valence electrons. The molecule has 2 aromatic rings. The quantitative estimate of drug-likeness (QED) is 0.876. The molecule has 2 N–H and O–H groups in total.